The SMILES string of the molecule is Cc1cc(C)n(-c2nc(Cl)cc(NC3CCC(F)(F)CC3)n2)n1. The van der Waals surface area contributed by atoms with E-state index in [0.717, 1.165) is 11.4 Å². The summed E-state index contributed by atoms with van der Waals surface area (Å²) in [5.74, 6) is -1.65. The van der Waals surface area contributed by atoms with Crippen molar-refractivity contribution in [2.75, 3.05) is 5.32 Å². The van der Waals surface area contributed by atoms with Crippen LogP contribution in [0, 0.1) is 13.8 Å². The molecule has 1 aliphatic rings. The van der Waals surface area contributed by atoms with Crippen molar-refractivity contribution in [3.63, 3.8) is 0 Å². The second kappa shape index (κ2) is 6.03. The third-order valence-corrected chi connectivity index (χ3v) is 4.14. The fourth-order valence-corrected chi connectivity index (χ4v) is 2.98. The van der Waals surface area contributed by atoms with E-state index < -0.39 is 5.92 Å². The minimum Gasteiger partial charge on any atom is -0.367 e. The van der Waals surface area contributed by atoms with Gasteiger partial charge in [0, 0.05) is 30.6 Å². The number of hydrogen-bond donors (Lipinski definition) is 1. The molecule has 2 heterocycles. The Hall–Kier alpha value is -1.76. The van der Waals surface area contributed by atoms with E-state index in [1.807, 2.05) is 19.9 Å². The molecule has 23 heavy (non-hydrogen) atoms. The number of hydrogen-bond acceptors (Lipinski definition) is 4. The number of aromatic nitrogens is 4. The van der Waals surface area contributed by atoms with E-state index in [1.54, 1.807) is 10.7 Å². The fraction of sp³-hybridized carbons (Fsp3) is 0.533. The van der Waals surface area contributed by atoms with Crippen LogP contribution in [0.2, 0.25) is 5.15 Å². The van der Waals surface area contributed by atoms with Gasteiger partial charge in [-0.15, -0.1) is 0 Å². The van der Waals surface area contributed by atoms with Crippen molar-refractivity contribution in [3.05, 3.63) is 28.7 Å². The van der Waals surface area contributed by atoms with Crippen molar-refractivity contribution >= 4 is 17.4 Å². The standard InChI is InChI=1S/C15H18ClF2N5/c1-9-7-10(2)23(22-9)14-20-12(16)8-13(21-14)19-11-3-5-15(17,18)6-4-11/h7-8,11H,3-6H2,1-2H3,(H,19,20,21). The van der Waals surface area contributed by atoms with E-state index >= 15 is 0 Å². The van der Waals surface area contributed by atoms with Gasteiger partial charge in [0.25, 0.3) is 5.95 Å². The smallest absolute Gasteiger partial charge is 0.254 e. The Kier molecular flexibility index (Phi) is 4.23. The minimum atomic E-state index is -2.55. The Morgan fingerprint density at radius 3 is 2.52 bits per heavy atom. The molecule has 2 aromatic rings. The van der Waals surface area contributed by atoms with Gasteiger partial charge < -0.3 is 5.32 Å². The zero-order chi connectivity index (χ0) is 16.6. The average molecular weight is 342 g/mol. The number of nitrogens with zero attached hydrogens (tertiary/aromatic N) is 4. The van der Waals surface area contributed by atoms with Crippen LogP contribution in [0.15, 0.2) is 12.1 Å². The lowest BCUT2D eigenvalue weighted by Gasteiger charge is -2.29. The van der Waals surface area contributed by atoms with Gasteiger partial charge in [0.2, 0.25) is 5.92 Å². The highest BCUT2D eigenvalue weighted by atomic mass is 35.5. The second-order valence-corrected chi connectivity index (χ2v) is 6.38. The van der Waals surface area contributed by atoms with Gasteiger partial charge in [-0.05, 0) is 32.8 Å². The third kappa shape index (κ3) is 3.77. The Morgan fingerprint density at radius 1 is 1.22 bits per heavy atom. The van der Waals surface area contributed by atoms with Gasteiger partial charge in [0.05, 0.1) is 5.69 Å². The first-order valence-corrected chi connectivity index (χ1v) is 7.93. The lowest BCUT2D eigenvalue weighted by Crippen LogP contribution is -2.32. The van der Waals surface area contributed by atoms with Crippen molar-refractivity contribution in [1.29, 1.82) is 0 Å². The molecule has 3 rings (SSSR count). The van der Waals surface area contributed by atoms with Crippen molar-refractivity contribution < 1.29 is 8.78 Å². The predicted octanol–water partition coefficient (Wildman–Crippen LogP) is 3.92. The first kappa shape index (κ1) is 16.1. The normalized spacial score (nSPS) is 18.1. The zero-order valence-electron chi connectivity index (χ0n) is 13.0. The molecule has 0 amide bonds. The summed E-state index contributed by atoms with van der Waals surface area (Å²) in [4.78, 5) is 8.60. The Bertz CT molecular complexity index is 706. The molecule has 124 valence electrons. The van der Waals surface area contributed by atoms with Crippen molar-refractivity contribution in [1.82, 2.24) is 19.7 Å². The maximum Gasteiger partial charge on any atom is 0.254 e. The van der Waals surface area contributed by atoms with Crippen LogP contribution in [0.5, 0.6) is 0 Å². The van der Waals surface area contributed by atoms with Crippen LogP contribution in [-0.4, -0.2) is 31.7 Å². The van der Waals surface area contributed by atoms with Crippen molar-refractivity contribution in [3.8, 4) is 5.95 Å². The number of aryl methyl sites for hydroxylation is 2. The van der Waals surface area contributed by atoms with Crippen LogP contribution in [0.4, 0.5) is 14.6 Å². The third-order valence-electron chi connectivity index (χ3n) is 3.95. The highest BCUT2D eigenvalue weighted by molar-refractivity contribution is 6.29. The number of anilines is 1. The predicted molar refractivity (Wildman–Crippen MR) is 84.5 cm³/mol. The van der Waals surface area contributed by atoms with E-state index in [-0.39, 0.29) is 24.0 Å². The largest absolute Gasteiger partial charge is 0.367 e. The minimum absolute atomic E-state index is 0.0334. The number of rotatable bonds is 3. The second-order valence-electron chi connectivity index (χ2n) is 5.99. The summed E-state index contributed by atoms with van der Waals surface area (Å²) in [7, 11) is 0. The van der Waals surface area contributed by atoms with E-state index in [9.17, 15) is 8.78 Å². The van der Waals surface area contributed by atoms with E-state index in [2.05, 4.69) is 20.4 Å². The van der Waals surface area contributed by atoms with Crippen molar-refractivity contribution in [2.45, 2.75) is 51.5 Å². The first-order valence-electron chi connectivity index (χ1n) is 7.55. The Morgan fingerprint density at radius 2 is 1.91 bits per heavy atom. The molecule has 0 bridgehead atoms. The monoisotopic (exact) mass is 341 g/mol. The van der Waals surface area contributed by atoms with E-state index in [1.165, 1.54) is 0 Å². The van der Waals surface area contributed by atoms with Crippen LogP contribution < -0.4 is 5.32 Å². The van der Waals surface area contributed by atoms with Gasteiger partial charge in [0.1, 0.15) is 11.0 Å². The molecule has 1 fully saturated rings. The molecule has 0 aliphatic heterocycles. The average Bonchev–Trinajstić information content (AvgIpc) is 2.79. The summed E-state index contributed by atoms with van der Waals surface area (Å²) in [5.41, 5.74) is 1.75. The maximum absolute atomic E-state index is 13.2. The van der Waals surface area contributed by atoms with Crippen molar-refractivity contribution in [2.24, 2.45) is 0 Å². The van der Waals surface area contributed by atoms with E-state index in [4.69, 9.17) is 11.6 Å². The summed E-state index contributed by atoms with van der Waals surface area (Å²) in [6.45, 7) is 3.79. The van der Waals surface area contributed by atoms with Crippen LogP contribution in [0.3, 0.4) is 0 Å². The highest BCUT2D eigenvalue weighted by Crippen LogP contribution is 2.34. The van der Waals surface area contributed by atoms with Gasteiger partial charge in [-0.1, -0.05) is 11.6 Å². The summed E-state index contributed by atoms with van der Waals surface area (Å²) in [5, 5.41) is 7.80. The van der Waals surface area contributed by atoms with Crippen LogP contribution >= 0.6 is 11.6 Å². The highest BCUT2D eigenvalue weighted by Gasteiger charge is 2.35. The Balaban J connectivity index is 1.80. The molecular formula is C15H18ClF2N5. The molecule has 2 aromatic heterocycles. The molecule has 0 saturated heterocycles. The van der Waals surface area contributed by atoms with Gasteiger partial charge in [-0.2, -0.15) is 15.1 Å². The summed E-state index contributed by atoms with van der Waals surface area (Å²) in [6.07, 6.45) is 0.606. The molecule has 1 aliphatic carbocycles. The van der Waals surface area contributed by atoms with E-state index in [0.29, 0.717) is 24.6 Å². The molecular weight excluding hydrogens is 324 g/mol. The Labute approximate surface area is 138 Å². The van der Waals surface area contributed by atoms with Gasteiger partial charge >= 0.3 is 0 Å². The fourth-order valence-electron chi connectivity index (χ4n) is 2.80. The molecule has 8 heteroatoms. The molecule has 0 spiro atoms. The molecule has 0 aromatic carbocycles. The molecule has 0 atom stereocenters. The molecule has 1 saturated carbocycles. The van der Waals surface area contributed by atoms with Gasteiger partial charge in [-0.25, -0.2) is 13.5 Å². The number of nitrogens with one attached hydrogen (secondary N) is 1. The van der Waals surface area contributed by atoms with Crippen LogP contribution in [0.25, 0.3) is 5.95 Å². The molecule has 1 N–H and O–H groups in total. The van der Waals surface area contributed by atoms with Gasteiger partial charge in [-0.3, -0.25) is 0 Å². The number of halogens is 3. The lowest BCUT2D eigenvalue weighted by atomic mass is 9.92. The zero-order valence-corrected chi connectivity index (χ0v) is 13.7. The molecule has 5 nitrogen and oxygen atoms in total. The lowest BCUT2D eigenvalue weighted by molar-refractivity contribution is -0.0361. The molecule has 0 unspecified atom stereocenters. The molecule has 0 radical (unpaired) electrons. The van der Waals surface area contributed by atoms with Crippen LogP contribution in [-0.2, 0) is 0 Å². The maximum atomic E-state index is 13.2. The summed E-state index contributed by atoms with van der Waals surface area (Å²) >= 11 is 6.07. The quantitative estimate of drug-likeness (QED) is 0.860. The van der Waals surface area contributed by atoms with Crippen LogP contribution in [0.1, 0.15) is 37.1 Å². The van der Waals surface area contributed by atoms with Gasteiger partial charge in [0.15, 0.2) is 0 Å². The topological polar surface area (TPSA) is 55.6 Å². The summed E-state index contributed by atoms with van der Waals surface area (Å²) in [6, 6.07) is 3.48. The summed E-state index contributed by atoms with van der Waals surface area (Å²) < 4.78 is 28.1. The first-order chi connectivity index (χ1) is 10.8. The number of alkyl halides is 2.